The predicted molar refractivity (Wildman–Crippen MR) is 176 cm³/mol. The fourth-order valence-corrected chi connectivity index (χ4v) is 12.1. The minimum absolute atomic E-state index is 0.00947. The number of rotatable bonds is 8. The summed E-state index contributed by atoms with van der Waals surface area (Å²) >= 11 is 0. The lowest BCUT2D eigenvalue weighted by molar-refractivity contribution is -0.948. The van der Waals surface area contributed by atoms with E-state index in [-0.39, 0.29) is 41.0 Å². The van der Waals surface area contributed by atoms with Crippen LogP contribution in [0.1, 0.15) is 111 Å². The second kappa shape index (κ2) is 13.6. The second-order valence-electron chi connectivity index (χ2n) is 16.4. The molecule has 0 aromatic heterocycles. The van der Waals surface area contributed by atoms with Crippen LogP contribution in [0.4, 0.5) is 0 Å². The lowest BCUT2D eigenvalue weighted by atomic mass is 9.44. The van der Waals surface area contributed by atoms with Crippen molar-refractivity contribution in [2.75, 3.05) is 45.9 Å². The van der Waals surface area contributed by atoms with E-state index < -0.39 is 0 Å². The van der Waals surface area contributed by atoms with E-state index in [0.717, 1.165) is 56.6 Å². The summed E-state index contributed by atoms with van der Waals surface area (Å²) in [6.45, 7) is 20.0. The van der Waals surface area contributed by atoms with E-state index >= 15 is 0 Å². The van der Waals surface area contributed by atoms with E-state index in [2.05, 4.69) is 31.4 Å². The van der Waals surface area contributed by atoms with Gasteiger partial charge in [0.25, 0.3) is 0 Å². The number of nitrogens with zero attached hydrogens (tertiary/aromatic N) is 2. The molecule has 0 aromatic carbocycles. The molecule has 254 valence electrons. The van der Waals surface area contributed by atoms with E-state index in [9.17, 15) is 9.59 Å². The number of morpholine rings is 1. The normalized spacial score (nSPS) is 43.2. The Balaban J connectivity index is 1.31. The molecule has 4 saturated carbocycles. The Bertz CT molecular complexity index is 1070. The van der Waals surface area contributed by atoms with Gasteiger partial charge in [-0.05, 0) is 99.4 Å². The van der Waals surface area contributed by atoms with Crippen molar-refractivity contribution in [1.82, 2.24) is 4.90 Å². The molecule has 0 bridgehead atoms. The molecule has 7 heteroatoms. The van der Waals surface area contributed by atoms with Gasteiger partial charge in [0, 0.05) is 43.8 Å². The molecule has 0 radical (unpaired) electrons. The monoisotopic (exact) mass is 627 g/mol. The van der Waals surface area contributed by atoms with Crippen LogP contribution in [-0.2, 0) is 23.8 Å². The number of likely N-dealkylation sites (tertiary alicyclic amines) is 1. The first-order valence-corrected chi connectivity index (χ1v) is 18.9. The van der Waals surface area contributed by atoms with Crippen molar-refractivity contribution < 1.29 is 28.3 Å². The maximum Gasteiger partial charge on any atom is 0.306 e. The van der Waals surface area contributed by atoms with Gasteiger partial charge in [-0.25, -0.2) is 0 Å². The molecule has 0 N–H and O–H groups in total. The number of carbonyl (C=O) groups excluding carboxylic acids is 2. The highest BCUT2D eigenvalue weighted by atomic mass is 16.6. The van der Waals surface area contributed by atoms with E-state index in [4.69, 9.17) is 14.2 Å². The van der Waals surface area contributed by atoms with Crippen molar-refractivity contribution in [2.45, 2.75) is 135 Å². The van der Waals surface area contributed by atoms with Gasteiger partial charge < -0.3 is 18.7 Å². The summed E-state index contributed by atoms with van der Waals surface area (Å²) in [5.74, 6) is 2.41. The molecule has 6 fully saturated rings. The molecule has 2 heterocycles. The standard InChI is InChI=1S/C38H63N2O5/c1-6-19-40(20-11-9-10-12-21-40)32-25-30-28-14-13-27-24-33(44-34(41)7-2)31(39-17-22-43-23-18-39)26-38(27,5)29(28)15-16-37(30,4)36(32)45-35(42)8-3/h6,27-33,36H,1,7-26H2,2-5H3/q+1/t27-,28+,29-,30-,31-,32-,33-,36-,37-,38-/m0/s1. The third kappa shape index (κ3) is 6.05. The van der Waals surface area contributed by atoms with Crippen molar-refractivity contribution in [2.24, 2.45) is 34.5 Å². The average molecular weight is 628 g/mol. The number of ether oxygens (including phenoxy) is 3. The molecule has 7 nitrogen and oxygen atoms in total. The zero-order chi connectivity index (χ0) is 31.8. The summed E-state index contributed by atoms with van der Waals surface area (Å²) in [4.78, 5) is 28.3. The SMILES string of the molecule is C=CC[N+]1([C@H]2C[C@H]3[C@@H]4CC[C@H]5C[C@H](OC(=O)CC)[C@@H](N6CCOCC6)C[C@]5(C)[C@H]4CC[C@]3(C)[C@H]2OC(=O)CC)CCCCCC1. The fourth-order valence-electron chi connectivity index (χ4n) is 12.1. The van der Waals surface area contributed by atoms with Crippen molar-refractivity contribution in [3.63, 3.8) is 0 Å². The van der Waals surface area contributed by atoms with Crippen molar-refractivity contribution in [1.29, 1.82) is 0 Å². The Kier molecular flexibility index (Phi) is 10.1. The van der Waals surface area contributed by atoms with E-state index in [1.54, 1.807) is 0 Å². The van der Waals surface area contributed by atoms with Gasteiger partial charge in [0.05, 0.1) is 32.8 Å². The van der Waals surface area contributed by atoms with Gasteiger partial charge in [-0.15, -0.1) is 0 Å². The Morgan fingerprint density at radius 3 is 2.27 bits per heavy atom. The molecule has 0 aromatic rings. The fraction of sp³-hybridized carbons (Fsp3) is 0.895. The third-order valence-corrected chi connectivity index (χ3v) is 14.4. The van der Waals surface area contributed by atoms with Crippen LogP contribution in [0.5, 0.6) is 0 Å². The Morgan fingerprint density at radius 2 is 1.60 bits per heavy atom. The minimum atomic E-state index is -0.0567. The maximum atomic E-state index is 13.1. The van der Waals surface area contributed by atoms with Gasteiger partial charge in [-0.1, -0.05) is 34.3 Å². The summed E-state index contributed by atoms with van der Waals surface area (Å²) in [5, 5.41) is 0. The Labute approximate surface area is 273 Å². The molecule has 2 saturated heterocycles. The lowest BCUT2D eigenvalue weighted by Gasteiger charge is -2.62. The molecule has 0 amide bonds. The molecule has 0 spiro atoms. The van der Waals surface area contributed by atoms with Crippen molar-refractivity contribution in [3.05, 3.63) is 12.7 Å². The van der Waals surface area contributed by atoms with Crippen LogP contribution in [-0.4, -0.2) is 91.6 Å². The first-order chi connectivity index (χ1) is 21.7. The highest BCUT2D eigenvalue weighted by Crippen LogP contribution is 2.67. The molecule has 6 rings (SSSR count). The van der Waals surface area contributed by atoms with Crippen LogP contribution in [0.25, 0.3) is 0 Å². The lowest BCUT2D eigenvalue weighted by Crippen LogP contribution is -2.62. The number of hydrogen-bond acceptors (Lipinski definition) is 6. The quantitative estimate of drug-likeness (QED) is 0.173. The van der Waals surface area contributed by atoms with Gasteiger partial charge in [-0.2, -0.15) is 0 Å². The van der Waals surface area contributed by atoms with Gasteiger partial charge >= 0.3 is 11.9 Å². The van der Waals surface area contributed by atoms with Gasteiger partial charge in [0.1, 0.15) is 12.1 Å². The second-order valence-corrected chi connectivity index (χ2v) is 16.4. The van der Waals surface area contributed by atoms with Gasteiger partial charge in [0.15, 0.2) is 6.10 Å². The van der Waals surface area contributed by atoms with Crippen LogP contribution in [0.2, 0.25) is 0 Å². The van der Waals surface area contributed by atoms with Crippen LogP contribution < -0.4 is 0 Å². The highest BCUT2D eigenvalue weighted by Gasteiger charge is 2.67. The zero-order valence-electron chi connectivity index (χ0n) is 29.0. The topological polar surface area (TPSA) is 65.1 Å². The summed E-state index contributed by atoms with van der Waals surface area (Å²) in [5.41, 5.74) is 0.252. The smallest absolute Gasteiger partial charge is 0.306 e. The van der Waals surface area contributed by atoms with E-state index in [0.29, 0.717) is 42.6 Å². The number of fused-ring (bicyclic) bond motifs is 5. The van der Waals surface area contributed by atoms with Crippen LogP contribution in [0, 0.1) is 34.5 Å². The number of hydrogen-bond donors (Lipinski definition) is 0. The molecular formula is C38H63N2O5+. The zero-order valence-corrected chi connectivity index (χ0v) is 29.0. The molecule has 6 aliphatic rings. The van der Waals surface area contributed by atoms with Crippen molar-refractivity contribution in [3.8, 4) is 0 Å². The summed E-state index contributed by atoms with van der Waals surface area (Å²) < 4.78 is 19.7. The molecule has 4 aliphatic carbocycles. The largest absolute Gasteiger partial charge is 0.461 e. The first-order valence-electron chi connectivity index (χ1n) is 18.9. The Hall–Kier alpha value is -1.44. The summed E-state index contributed by atoms with van der Waals surface area (Å²) in [6.07, 6.45) is 16.3. The predicted octanol–water partition coefficient (Wildman–Crippen LogP) is 6.54. The van der Waals surface area contributed by atoms with Crippen LogP contribution in [0.15, 0.2) is 12.7 Å². The highest BCUT2D eigenvalue weighted by molar-refractivity contribution is 5.69. The van der Waals surface area contributed by atoms with E-state index in [1.807, 2.05) is 13.8 Å². The van der Waals surface area contributed by atoms with Crippen molar-refractivity contribution >= 4 is 11.9 Å². The van der Waals surface area contributed by atoms with E-state index in [1.165, 1.54) is 64.5 Å². The number of quaternary nitrogens is 1. The molecular weight excluding hydrogens is 564 g/mol. The van der Waals surface area contributed by atoms with Crippen LogP contribution in [0.3, 0.4) is 0 Å². The average Bonchev–Trinajstić information content (AvgIpc) is 3.17. The Morgan fingerprint density at radius 1 is 0.911 bits per heavy atom. The third-order valence-electron chi connectivity index (χ3n) is 14.4. The summed E-state index contributed by atoms with van der Waals surface area (Å²) in [6, 6.07) is 0.631. The maximum absolute atomic E-state index is 13.1. The molecule has 2 aliphatic heterocycles. The first kappa shape index (κ1) is 33.5. The van der Waals surface area contributed by atoms with Crippen LogP contribution >= 0.6 is 0 Å². The number of esters is 2. The minimum Gasteiger partial charge on any atom is -0.461 e. The molecule has 0 unspecified atom stereocenters. The molecule has 45 heavy (non-hydrogen) atoms. The molecule has 10 atom stereocenters. The number of carbonyl (C=O) groups is 2. The summed E-state index contributed by atoms with van der Waals surface area (Å²) in [7, 11) is 0. The van der Waals surface area contributed by atoms with Gasteiger partial charge in [-0.3, -0.25) is 14.5 Å². The van der Waals surface area contributed by atoms with Gasteiger partial charge in [0.2, 0.25) is 0 Å².